The van der Waals surface area contributed by atoms with Gasteiger partial charge in [-0.3, -0.25) is 4.79 Å². The zero-order chi connectivity index (χ0) is 18.0. The highest BCUT2D eigenvalue weighted by Crippen LogP contribution is 2.67. The molecule has 0 bridgehead atoms. The number of allylic oxidation sites excluding steroid dienone is 1. The third-order valence-electron chi connectivity index (χ3n) is 8.82. The molecule has 0 aromatic rings. The summed E-state index contributed by atoms with van der Waals surface area (Å²) in [6, 6.07) is 0. The molecule has 0 heterocycles. The van der Waals surface area contributed by atoms with Crippen LogP contribution in [0.15, 0.2) is 11.1 Å². The van der Waals surface area contributed by atoms with Crippen LogP contribution in [0.2, 0.25) is 0 Å². The number of carbonyl (C=O) groups is 1. The number of hydrogen-bond donors (Lipinski definition) is 1. The predicted molar refractivity (Wildman–Crippen MR) is 99.9 cm³/mol. The highest BCUT2D eigenvalue weighted by Gasteiger charge is 2.63. The first kappa shape index (κ1) is 17.6. The van der Waals surface area contributed by atoms with Gasteiger partial charge in [-0.2, -0.15) is 0 Å². The summed E-state index contributed by atoms with van der Waals surface area (Å²) in [5.41, 5.74) is 1.60. The second-order valence-corrected chi connectivity index (χ2v) is 9.62. The Balaban J connectivity index is 1.71. The molecule has 3 heteroatoms. The second kappa shape index (κ2) is 5.61. The Kier molecular flexibility index (Phi) is 3.95. The summed E-state index contributed by atoms with van der Waals surface area (Å²) in [6.07, 6.45) is 7.86. The topological polar surface area (TPSA) is 37.3 Å². The number of Topliss-reactive ketones (excluding diaryl/α,β-unsaturated/α-hetero) is 1. The van der Waals surface area contributed by atoms with Gasteiger partial charge in [-0.25, -0.2) is 0 Å². The normalized spacial score (nSPS) is 49.0. The van der Waals surface area contributed by atoms with Gasteiger partial charge >= 0.3 is 0 Å². The Morgan fingerprint density at radius 1 is 1.08 bits per heavy atom. The van der Waals surface area contributed by atoms with E-state index in [9.17, 15) is 9.90 Å². The van der Waals surface area contributed by atoms with Crippen LogP contribution in [0.4, 0.5) is 0 Å². The van der Waals surface area contributed by atoms with Gasteiger partial charge in [0.2, 0.25) is 0 Å². The minimum atomic E-state index is -0.931. The van der Waals surface area contributed by atoms with E-state index in [2.05, 4.69) is 25.1 Å². The van der Waals surface area contributed by atoms with Crippen molar-refractivity contribution in [3.05, 3.63) is 11.1 Å². The van der Waals surface area contributed by atoms with E-state index >= 15 is 0 Å². The highest BCUT2D eigenvalue weighted by atomic mass is 35.5. The molecule has 1 N–H and O–H groups in total. The quantitative estimate of drug-likeness (QED) is 0.627. The minimum Gasteiger partial charge on any atom is -0.377 e. The third-order valence-corrected chi connectivity index (χ3v) is 8.91. The number of aliphatic hydroxyl groups is 1. The summed E-state index contributed by atoms with van der Waals surface area (Å²) in [7, 11) is 0. The van der Waals surface area contributed by atoms with Crippen molar-refractivity contribution in [2.45, 2.75) is 77.7 Å². The lowest BCUT2D eigenvalue weighted by Crippen LogP contribution is -2.54. The molecule has 2 nitrogen and oxygen atoms in total. The molecule has 25 heavy (non-hydrogen) atoms. The number of fused-ring (bicyclic) bond motifs is 5. The maximum Gasteiger partial charge on any atom is 0.158 e. The lowest BCUT2D eigenvalue weighted by Gasteiger charge is -2.59. The van der Waals surface area contributed by atoms with E-state index in [1.807, 2.05) is 6.92 Å². The van der Waals surface area contributed by atoms with E-state index in [4.69, 9.17) is 11.6 Å². The van der Waals surface area contributed by atoms with E-state index < -0.39 is 5.60 Å². The molecule has 3 saturated carbocycles. The molecule has 0 amide bonds. The summed E-state index contributed by atoms with van der Waals surface area (Å²) in [5.74, 6) is 5.11. The van der Waals surface area contributed by atoms with Crippen LogP contribution in [0.25, 0.3) is 0 Å². The van der Waals surface area contributed by atoms with E-state index in [-0.39, 0.29) is 10.8 Å². The Bertz CT molecular complexity index is 713. The van der Waals surface area contributed by atoms with Crippen molar-refractivity contribution in [3.63, 3.8) is 0 Å². The lowest BCUT2D eigenvalue weighted by atomic mass is 9.46. The summed E-state index contributed by atoms with van der Waals surface area (Å²) in [5, 5.41) is 13.7. The molecule has 0 spiro atoms. The molecule has 0 aromatic carbocycles. The van der Waals surface area contributed by atoms with Crippen molar-refractivity contribution in [2.75, 3.05) is 0 Å². The molecule has 0 radical (unpaired) electrons. The van der Waals surface area contributed by atoms with Gasteiger partial charge in [-0.1, -0.05) is 25.3 Å². The van der Waals surface area contributed by atoms with Crippen LogP contribution in [0, 0.1) is 39.9 Å². The molecule has 4 aliphatic rings. The average molecular weight is 361 g/mol. The Morgan fingerprint density at radius 3 is 2.52 bits per heavy atom. The largest absolute Gasteiger partial charge is 0.377 e. The van der Waals surface area contributed by atoms with Gasteiger partial charge in [0.15, 0.2) is 5.78 Å². The number of carbonyl (C=O) groups excluding carboxylic acids is 1. The van der Waals surface area contributed by atoms with Crippen molar-refractivity contribution in [3.8, 4) is 11.3 Å². The zero-order valence-electron chi connectivity index (χ0n) is 15.6. The fraction of sp³-hybridized carbons (Fsp3) is 0.773. The van der Waals surface area contributed by atoms with E-state index in [1.165, 1.54) is 5.57 Å². The van der Waals surface area contributed by atoms with Crippen LogP contribution >= 0.6 is 11.6 Å². The van der Waals surface area contributed by atoms with Crippen LogP contribution in [-0.4, -0.2) is 16.5 Å². The van der Waals surface area contributed by atoms with Crippen molar-refractivity contribution >= 4 is 17.4 Å². The Labute approximate surface area is 156 Å². The average Bonchev–Trinajstić information content (AvgIpc) is 2.83. The van der Waals surface area contributed by atoms with Crippen LogP contribution in [0.5, 0.6) is 0 Å². The molecule has 6 atom stereocenters. The molecule has 0 aromatic heterocycles. The van der Waals surface area contributed by atoms with Gasteiger partial charge < -0.3 is 5.11 Å². The molecule has 3 fully saturated rings. The zero-order valence-corrected chi connectivity index (χ0v) is 16.4. The van der Waals surface area contributed by atoms with Crippen LogP contribution in [-0.2, 0) is 4.79 Å². The molecule has 0 saturated heterocycles. The van der Waals surface area contributed by atoms with Gasteiger partial charge in [-0.05, 0) is 92.2 Å². The molecular weight excluding hydrogens is 332 g/mol. The Hall–Kier alpha value is -0.780. The monoisotopic (exact) mass is 360 g/mol. The van der Waals surface area contributed by atoms with E-state index in [0.29, 0.717) is 30.0 Å². The molecule has 4 rings (SSSR count). The summed E-state index contributed by atoms with van der Waals surface area (Å²) in [4.78, 5) is 12.2. The standard InChI is InChI=1S/C22H29ClO2/c1-14-16-5-4-15-17(20(16,2)9-8-19(14)24)6-10-21(3)18(15)7-11-22(21,25)12-13-23/h15,17-18,25H,4-11H2,1-3H3/t15-,17+,18+,20+,21+,22-/m1/s1. The maximum absolute atomic E-state index is 12.2. The number of halogens is 1. The molecule has 4 aliphatic carbocycles. The van der Waals surface area contributed by atoms with Crippen molar-refractivity contribution < 1.29 is 9.90 Å². The van der Waals surface area contributed by atoms with Crippen LogP contribution < -0.4 is 0 Å². The van der Waals surface area contributed by atoms with Gasteiger partial charge in [-0.15, -0.1) is 0 Å². The van der Waals surface area contributed by atoms with E-state index in [1.54, 1.807) is 0 Å². The number of rotatable bonds is 0. The smallest absolute Gasteiger partial charge is 0.158 e. The van der Waals surface area contributed by atoms with Crippen LogP contribution in [0.3, 0.4) is 0 Å². The predicted octanol–water partition coefficient (Wildman–Crippen LogP) is 4.84. The van der Waals surface area contributed by atoms with Crippen molar-refractivity contribution in [2.24, 2.45) is 28.6 Å². The van der Waals surface area contributed by atoms with Crippen molar-refractivity contribution in [1.29, 1.82) is 0 Å². The molecule has 0 aliphatic heterocycles. The summed E-state index contributed by atoms with van der Waals surface area (Å²) in [6.45, 7) is 6.70. The number of ketones is 1. The van der Waals surface area contributed by atoms with Gasteiger partial charge in [0.05, 0.1) is 0 Å². The maximum atomic E-state index is 12.2. The third kappa shape index (κ3) is 2.18. The highest BCUT2D eigenvalue weighted by molar-refractivity contribution is 6.30. The summed E-state index contributed by atoms with van der Waals surface area (Å²) < 4.78 is 0. The lowest BCUT2D eigenvalue weighted by molar-refractivity contribution is -0.120. The fourth-order valence-electron chi connectivity index (χ4n) is 7.28. The van der Waals surface area contributed by atoms with Gasteiger partial charge in [0.1, 0.15) is 5.60 Å². The second-order valence-electron chi connectivity index (χ2n) is 9.43. The first-order valence-electron chi connectivity index (χ1n) is 9.85. The van der Waals surface area contributed by atoms with Crippen LogP contribution in [0.1, 0.15) is 72.1 Å². The SMILES string of the molecule is CC1=C2CC[C@@H]3[C@H](CC[C@@]4(C)[C@H]3CC[C@@]4(O)C#CCl)[C@@]2(C)CCC1=O. The fourth-order valence-corrected chi connectivity index (χ4v) is 7.44. The van der Waals surface area contributed by atoms with Gasteiger partial charge in [0.25, 0.3) is 0 Å². The van der Waals surface area contributed by atoms with Gasteiger partial charge in [0, 0.05) is 17.2 Å². The minimum absolute atomic E-state index is 0.146. The molecule has 136 valence electrons. The Morgan fingerprint density at radius 2 is 1.80 bits per heavy atom. The molecular formula is C22H29ClO2. The van der Waals surface area contributed by atoms with E-state index in [0.717, 1.165) is 50.5 Å². The van der Waals surface area contributed by atoms with Crippen molar-refractivity contribution in [1.82, 2.24) is 0 Å². The first-order chi connectivity index (χ1) is 11.8. The summed E-state index contributed by atoms with van der Waals surface area (Å²) >= 11 is 5.69. The number of hydrogen-bond acceptors (Lipinski definition) is 2. The molecule has 0 unspecified atom stereocenters. The first-order valence-corrected chi connectivity index (χ1v) is 10.2.